The predicted molar refractivity (Wildman–Crippen MR) is 92.7 cm³/mol. The van der Waals surface area contributed by atoms with Crippen molar-refractivity contribution in [3.05, 3.63) is 52.2 Å². The number of thiophene rings is 1. The molecule has 0 unspecified atom stereocenters. The third-order valence-corrected chi connectivity index (χ3v) is 5.09. The third-order valence-electron chi connectivity index (χ3n) is 4.36. The van der Waals surface area contributed by atoms with Gasteiger partial charge in [0.25, 0.3) is 0 Å². The minimum absolute atomic E-state index is 0.103. The van der Waals surface area contributed by atoms with Gasteiger partial charge in [-0.05, 0) is 40.1 Å². The summed E-state index contributed by atoms with van der Waals surface area (Å²) < 4.78 is 5.23. The first-order valence-corrected chi connectivity index (χ1v) is 8.76. The lowest BCUT2D eigenvalue weighted by atomic mass is 10.0. The first-order valence-electron chi connectivity index (χ1n) is 7.82. The van der Waals surface area contributed by atoms with Gasteiger partial charge in [0.15, 0.2) is 0 Å². The molecular weight excluding hydrogens is 308 g/mol. The van der Waals surface area contributed by atoms with E-state index >= 15 is 0 Å². The number of amides is 1. The quantitative estimate of drug-likeness (QED) is 0.863. The van der Waals surface area contributed by atoms with Gasteiger partial charge in [0, 0.05) is 33.1 Å². The molecule has 0 N–H and O–H groups in total. The summed E-state index contributed by atoms with van der Waals surface area (Å²) in [5.74, 6) is 0.982. The van der Waals surface area contributed by atoms with Crippen LogP contribution in [0.2, 0.25) is 0 Å². The molecule has 23 heavy (non-hydrogen) atoms. The minimum atomic E-state index is 0.103. The van der Waals surface area contributed by atoms with Crippen molar-refractivity contribution in [3.63, 3.8) is 0 Å². The largest absolute Gasteiger partial charge is 0.497 e. The zero-order valence-corrected chi connectivity index (χ0v) is 14.4. The highest BCUT2D eigenvalue weighted by Crippen LogP contribution is 2.28. The fourth-order valence-electron chi connectivity index (χ4n) is 3.11. The number of ether oxygens (including phenoxy) is 1. The van der Waals surface area contributed by atoms with Gasteiger partial charge in [-0.15, -0.1) is 0 Å². The Morgan fingerprint density at radius 1 is 1.26 bits per heavy atom. The molecule has 1 saturated heterocycles. The molecule has 1 aliphatic heterocycles. The van der Waals surface area contributed by atoms with Gasteiger partial charge >= 0.3 is 0 Å². The van der Waals surface area contributed by atoms with Gasteiger partial charge in [0.05, 0.1) is 13.2 Å². The van der Waals surface area contributed by atoms with Gasteiger partial charge in [0.1, 0.15) is 5.75 Å². The molecule has 0 aliphatic carbocycles. The van der Waals surface area contributed by atoms with Gasteiger partial charge in [-0.3, -0.25) is 9.69 Å². The molecule has 1 atom stereocenters. The van der Waals surface area contributed by atoms with Gasteiger partial charge in [-0.1, -0.05) is 12.1 Å². The molecule has 1 aliphatic rings. The van der Waals surface area contributed by atoms with Crippen molar-refractivity contribution in [1.82, 2.24) is 9.80 Å². The summed E-state index contributed by atoms with van der Waals surface area (Å²) >= 11 is 1.73. The lowest BCUT2D eigenvalue weighted by Crippen LogP contribution is -2.49. The van der Waals surface area contributed by atoms with Crippen LogP contribution in [0.4, 0.5) is 0 Å². The molecule has 0 bridgehead atoms. The van der Waals surface area contributed by atoms with Crippen LogP contribution < -0.4 is 4.74 Å². The van der Waals surface area contributed by atoms with E-state index in [-0.39, 0.29) is 11.9 Å². The molecule has 2 heterocycles. The van der Waals surface area contributed by atoms with Gasteiger partial charge < -0.3 is 9.64 Å². The molecule has 122 valence electrons. The van der Waals surface area contributed by atoms with E-state index in [2.05, 4.69) is 33.9 Å². The molecule has 2 aromatic rings. The highest BCUT2D eigenvalue weighted by molar-refractivity contribution is 7.07. The molecule has 1 fully saturated rings. The van der Waals surface area contributed by atoms with Crippen LogP contribution in [0.25, 0.3) is 0 Å². The molecule has 5 heteroatoms. The smallest absolute Gasteiger partial charge is 0.220 e. The van der Waals surface area contributed by atoms with Crippen LogP contribution in [-0.4, -0.2) is 42.5 Å². The molecule has 1 aromatic heterocycles. The molecule has 1 aromatic carbocycles. The lowest BCUT2D eigenvalue weighted by molar-refractivity contribution is -0.134. The van der Waals surface area contributed by atoms with Crippen molar-refractivity contribution in [2.75, 3.05) is 26.7 Å². The van der Waals surface area contributed by atoms with Crippen molar-refractivity contribution in [2.24, 2.45) is 0 Å². The molecular formula is C18H22N2O2S. The van der Waals surface area contributed by atoms with Crippen molar-refractivity contribution in [1.29, 1.82) is 0 Å². The normalized spacial score (nSPS) is 18.9. The van der Waals surface area contributed by atoms with E-state index in [4.69, 9.17) is 4.74 Å². The van der Waals surface area contributed by atoms with Gasteiger partial charge in [-0.25, -0.2) is 0 Å². The summed E-state index contributed by atoms with van der Waals surface area (Å²) in [4.78, 5) is 16.4. The number of hydrogen-bond donors (Lipinski definition) is 0. The summed E-state index contributed by atoms with van der Waals surface area (Å²) in [5, 5.41) is 4.31. The van der Waals surface area contributed by atoms with Crippen molar-refractivity contribution in [2.45, 2.75) is 19.5 Å². The Morgan fingerprint density at radius 2 is 2.04 bits per heavy atom. The van der Waals surface area contributed by atoms with E-state index in [0.29, 0.717) is 0 Å². The Labute approximate surface area is 141 Å². The maximum absolute atomic E-state index is 12.0. The topological polar surface area (TPSA) is 32.8 Å². The van der Waals surface area contributed by atoms with Crippen molar-refractivity contribution in [3.8, 4) is 5.75 Å². The number of carbonyl (C=O) groups is 1. The maximum atomic E-state index is 12.0. The number of carbonyl (C=O) groups excluding carboxylic acids is 1. The average Bonchev–Trinajstić information content (AvgIpc) is 3.07. The number of hydrogen-bond acceptors (Lipinski definition) is 4. The summed E-state index contributed by atoms with van der Waals surface area (Å²) in [6.45, 7) is 5.16. The first-order chi connectivity index (χ1) is 11.2. The molecule has 4 nitrogen and oxygen atoms in total. The second-order valence-electron chi connectivity index (χ2n) is 5.87. The lowest BCUT2D eigenvalue weighted by Gasteiger charge is -2.41. The van der Waals surface area contributed by atoms with Crippen LogP contribution in [0, 0.1) is 0 Å². The molecule has 0 spiro atoms. The minimum Gasteiger partial charge on any atom is -0.497 e. The Balaban J connectivity index is 1.78. The summed E-state index contributed by atoms with van der Waals surface area (Å²) in [6.07, 6.45) is 0. The van der Waals surface area contributed by atoms with Crippen LogP contribution >= 0.6 is 11.3 Å². The first kappa shape index (κ1) is 16.0. The van der Waals surface area contributed by atoms with E-state index in [1.807, 2.05) is 17.0 Å². The molecule has 1 amide bonds. The van der Waals surface area contributed by atoms with Crippen LogP contribution in [-0.2, 0) is 11.3 Å². The standard InChI is InChI=1S/C18H22N2O2S/c1-14(21)20-9-8-19(11-15-7-10-23-13-15)12-18(20)16-3-5-17(22-2)6-4-16/h3-7,10,13,18H,8-9,11-12H2,1-2H3/t18-/m0/s1. The van der Waals surface area contributed by atoms with Crippen molar-refractivity contribution >= 4 is 17.2 Å². The Hall–Kier alpha value is -1.85. The Kier molecular flexibility index (Phi) is 4.98. The van der Waals surface area contributed by atoms with Crippen LogP contribution in [0.5, 0.6) is 5.75 Å². The highest BCUT2D eigenvalue weighted by atomic mass is 32.1. The second kappa shape index (κ2) is 7.15. The third kappa shape index (κ3) is 3.74. The summed E-state index contributed by atoms with van der Waals surface area (Å²) in [7, 11) is 1.67. The molecule has 3 rings (SSSR count). The van der Waals surface area contributed by atoms with E-state index in [1.165, 1.54) is 5.56 Å². The summed E-state index contributed by atoms with van der Waals surface area (Å²) in [5.41, 5.74) is 2.51. The zero-order chi connectivity index (χ0) is 16.2. The second-order valence-corrected chi connectivity index (χ2v) is 6.65. The van der Waals surface area contributed by atoms with E-state index in [9.17, 15) is 4.79 Å². The van der Waals surface area contributed by atoms with Crippen molar-refractivity contribution < 1.29 is 9.53 Å². The fourth-order valence-corrected chi connectivity index (χ4v) is 3.77. The van der Waals surface area contributed by atoms with E-state index in [0.717, 1.165) is 37.5 Å². The summed E-state index contributed by atoms with van der Waals surface area (Å²) in [6, 6.07) is 10.3. The number of rotatable bonds is 4. The molecule has 0 radical (unpaired) electrons. The average molecular weight is 330 g/mol. The van der Waals surface area contributed by atoms with E-state index < -0.39 is 0 Å². The van der Waals surface area contributed by atoms with Gasteiger partial charge in [0.2, 0.25) is 5.91 Å². The number of piperazine rings is 1. The van der Waals surface area contributed by atoms with Crippen LogP contribution in [0.15, 0.2) is 41.1 Å². The SMILES string of the molecule is COc1ccc([C@@H]2CN(Cc3ccsc3)CCN2C(C)=O)cc1. The van der Waals surface area contributed by atoms with E-state index in [1.54, 1.807) is 25.4 Å². The monoisotopic (exact) mass is 330 g/mol. The Bertz CT molecular complexity index is 640. The Morgan fingerprint density at radius 3 is 2.65 bits per heavy atom. The zero-order valence-electron chi connectivity index (χ0n) is 13.6. The highest BCUT2D eigenvalue weighted by Gasteiger charge is 2.29. The number of methoxy groups -OCH3 is 1. The van der Waals surface area contributed by atoms with Crippen LogP contribution in [0.3, 0.4) is 0 Å². The van der Waals surface area contributed by atoms with Gasteiger partial charge in [-0.2, -0.15) is 11.3 Å². The number of nitrogens with zero attached hydrogens (tertiary/aromatic N) is 2. The predicted octanol–water partition coefficient (Wildman–Crippen LogP) is 3.16. The molecule has 0 saturated carbocycles. The number of benzene rings is 1. The van der Waals surface area contributed by atoms with Crippen LogP contribution in [0.1, 0.15) is 24.1 Å². The maximum Gasteiger partial charge on any atom is 0.220 e. The fraction of sp³-hybridized carbons (Fsp3) is 0.389.